The fraction of sp³-hybridized carbons (Fsp3) is 0.444. The zero-order valence-electron chi connectivity index (χ0n) is 13.7. The van der Waals surface area contributed by atoms with Gasteiger partial charge < -0.3 is 0 Å². The van der Waals surface area contributed by atoms with Gasteiger partial charge in [-0.05, 0) is 42.3 Å². The van der Waals surface area contributed by atoms with Gasteiger partial charge in [0.2, 0.25) is 10.0 Å². The van der Waals surface area contributed by atoms with Crippen LogP contribution in [0.2, 0.25) is 0 Å². The summed E-state index contributed by atoms with van der Waals surface area (Å²) in [5, 5.41) is 2.11. The Kier molecular flexibility index (Phi) is 6.05. The quantitative estimate of drug-likeness (QED) is 0.821. The molecule has 1 aliphatic rings. The molecular weight excluding hydrogens is 340 g/mol. The number of thiophene rings is 1. The molecule has 2 aromatic rings. The fourth-order valence-corrected chi connectivity index (χ4v) is 5.14. The lowest BCUT2D eigenvalue weighted by Gasteiger charge is -2.32. The number of likely N-dealkylation sites (tertiary alicyclic amines) is 1. The van der Waals surface area contributed by atoms with E-state index in [-0.39, 0.29) is 5.75 Å². The smallest absolute Gasteiger partial charge is 0.215 e. The highest BCUT2D eigenvalue weighted by atomic mass is 32.2. The zero-order valence-corrected chi connectivity index (χ0v) is 15.4. The summed E-state index contributed by atoms with van der Waals surface area (Å²) in [6, 6.07) is 13.6. The molecule has 4 nitrogen and oxygen atoms in total. The third kappa shape index (κ3) is 5.41. The summed E-state index contributed by atoms with van der Waals surface area (Å²) in [5.41, 5.74) is 0.827. The van der Waals surface area contributed by atoms with Crippen LogP contribution in [0.1, 0.15) is 23.3 Å². The number of nitrogens with zero attached hydrogens (tertiary/aromatic N) is 1. The van der Waals surface area contributed by atoms with Crippen molar-refractivity contribution in [2.75, 3.05) is 19.6 Å². The highest BCUT2D eigenvalue weighted by molar-refractivity contribution is 7.88. The van der Waals surface area contributed by atoms with E-state index in [1.807, 2.05) is 30.3 Å². The highest BCUT2D eigenvalue weighted by Gasteiger charge is 2.22. The lowest BCUT2D eigenvalue weighted by Crippen LogP contribution is -2.40. The maximum Gasteiger partial charge on any atom is 0.215 e. The molecule has 0 aliphatic carbocycles. The van der Waals surface area contributed by atoms with E-state index in [9.17, 15) is 8.42 Å². The van der Waals surface area contributed by atoms with E-state index in [0.717, 1.165) is 38.0 Å². The van der Waals surface area contributed by atoms with E-state index < -0.39 is 10.0 Å². The third-order valence-corrected chi connectivity index (χ3v) is 6.54. The maximum atomic E-state index is 12.3. The standard InChI is InChI=1S/C18H24N2O2S2/c21-24(22,15-16-6-2-1-3-7-16)19-12-17-8-4-10-20(13-17)14-18-9-5-11-23-18/h1-3,5-7,9,11,17,19H,4,8,10,12-15H2/t17-/m1/s1. The molecule has 0 amide bonds. The van der Waals surface area contributed by atoms with Crippen LogP contribution in [-0.2, 0) is 22.3 Å². The normalized spacial score (nSPS) is 19.4. The van der Waals surface area contributed by atoms with Crippen LogP contribution in [0, 0.1) is 5.92 Å². The van der Waals surface area contributed by atoms with Gasteiger partial charge in [-0.1, -0.05) is 36.4 Å². The van der Waals surface area contributed by atoms with E-state index in [0.29, 0.717) is 12.5 Å². The first kappa shape index (κ1) is 17.6. The van der Waals surface area contributed by atoms with Gasteiger partial charge in [0.1, 0.15) is 0 Å². The molecule has 3 rings (SSSR count). The first-order chi connectivity index (χ1) is 11.6. The summed E-state index contributed by atoms with van der Waals surface area (Å²) in [6.45, 7) is 3.58. The van der Waals surface area contributed by atoms with E-state index in [2.05, 4.69) is 27.1 Å². The molecule has 130 valence electrons. The van der Waals surface area contributed by atoms with E-state index >= 15 is 0 Å². The van der Waals surface area contributed by atoms with Gasteiger partial charge in [0, 0.05) is 24.5 Å². The maximum absolute atomic E-state index is 12.3. The second-order valence-electron chi connectivity index (χ2n) is 6.42. The van der Waals surface area contributed by atoms with Crippen molar-refractivity contribution in [3.63, 3.8) is 0 Å². The van der Waals surface area contributed by atoms with Crippen molar-refractivity contribution >= 4 is 21.4 Å². The molecule has 0 radical (unpaired) electrons. The van der Waals surface area contributed by atoms with Gasteiger partial charge in [-0.15, -0.1) is 11.3 Å². The van der Waals surface area contributed by atoms with Crippen molar-refractivity contribution in [3.05, 3.63) is 58.3 Å². The summed E-state index contributed by atoms with van der Waals surface area (Å²) in [5.74, 6) is 0.448. The Balaban J connectivity index is 1.48. The molecule has 1 aliphatic heterocycles. The van der Waals surface area contributed by atoms with E-state index in [4.69, 9.17) is 0 Å². The first-order valence-electron chi connectivity index (χ1n) is 8.37. The molecule has 1 aromatic heterocycles. The molecule has 2 heterocycles. The van der Waals surface area contributed by atoms with Crippen LogP contribution in [0.4, 0.5) is 0 Å². The molecule has 1 fully saturated rings. The summed E-state index contributed by atoms with van der Waals surface area (Å²) in [4.78, 5) is 3.81. The SMILES string of the molecule is O=S(=O)(Cc1ccccc1)NC[C@H]1CCCN(Cc2cccs2)C1. The van der Waals surface area contributed by atoms with Gasteiger partial charge in [-0.2, -0.15) is 0 Å². The Morgan fingerprint density at radius 3 is 2.75 bits per heavy atom. The van der Waals surface area contributed by atoms with Crippen molar-refractivity contribution in [2.24, 2.45) is 5.92 Å². The van der Waals surface area contributed by atoms with Crippen LogP contribution < -0.4 is 4.72 Å². The molecule has 0 saturated carbocycles. The van der Waals surface area contributed by atoms with Crippen LogP contribution in [0.25, 0.3) is 0 Å². The minimum Gasteiger partial charge on any atom is -0.298 e. The topological polar surface area (TPSA) is 49.4 Å². The lowest BCUT2D eigenvalue weighted by atomic mass is 9.98. The number of nitrogens with one attached hydrogen (secondary N) is 1. The van der Waals surface area contributed by atoms with Crippen LogP contribution in [0.5, 0.6) is 0 Å². The van der Waals surface area contributed by atoms with Crippen LogP contribution in [0.15, 0.2) is 47.8 Å². The first-order valence-corrected chi connectivity index (χ1v) is 10.9. The number of hydrogen-bond donors (Lipinski definition) is 1. The van der Waals surface area contributed by atoms with E-state index in [1.165, 1.54) is 4.88 Å². The predicted molar refractivity (Wildman–Crippen MR) is 99.4 cm³/mol. The Labute approximate surface area is 148 Å². The summed E-state index contributed by atoms with van der Waals surface area (Å²) >= 11 is 1.78. The van der Waals surface area contributed by atoms with Gasteiger partial charge in [-0.25, -0.2) is 13.1 Å². The largest absolute Gasteiger partial charge is 0.298 e. The van der Waals surface area contributed by atoms with Crippen molar-refractivity contribution in [1.29, 1.82) is 0 Å². The van der Waals surface area contributed by atoms with Gasteiger partial charge in [0.15, 0.2) is 0 Å². The van der Waals surface area contributed by atoms with E-state index in [1.54, 1.807) is 11.3 Å². The number of sulfonamides is 1. The van der Waals surface area contributed by atoms with Crippen molar-refractivity contribution < 1.29 is 8.42 Å². The number of rotatable bonds is 7. The van der Waals surface area contributed by atoms with Gasteiger partial charge in [0.25, 0.3) is 0 Å². The van der Waals surface area contributed by atoms with Crippen LogP contribution >= 0.6 is 11.3 Å². The van der Waals surface area contributed by atoms with Crippen molar-refractivity contribution in [2.45, 2.75) is 25.1 Å². The van der Waals surface area contributed by atoms with Crippen LogP contribution in [0.3, 0.4) is 0 Å². The predicted octanol–water partition coefficient (Wildman–Crippen LogP) is 3.08. The van der Waals surface area contributed by atoms with Gasteiger partial charge >= 0.3 is 0 Å². The summed E-state index contributed by atoms with van der Waals surface area (Å²) in [7, 11) is -3.27. The molecular formula is C18H24N2O2S2. The second kappa shape index (κ2) is 8.25. The van der Waals surface area contributed by atoms with Crippen LogP contribution in [-0.4, -0.2) is 33.0 Å². The fourth-order valence-electron chi connectivity index (χ4n) is 3.17. The third-order valence-electron chi connectivity index (χ3n) is 4.35. The minimum absolute atomic E-state index is 0.0550. The average molecular weight is 365 g/mol. The molecule has 1 aromatic carbocycles. The number of piperidine rings is 1. The van der Waals surface area contributed by atoms with Crippen molar-refractivity contribution in [3.8, 4) is 0 Å². The molecule has 1 saturated heterocycles. The molecule has 0 spiro atoms. The Morgan fingerprint density at radius 1 is 1.17 bits per heavy atom. The van der Waals surface area contributed by atoms with Gasteiger partial charge in [0.05, 0.1) is 5.75 Å². The molecule has 6 heteroatoms. The molecule has 1 N–H and O–H groups in total. The lowest BCUT2D eigenvalue weighted by molar-refractivity contribution is 0.170. The Hall–Kier alpha value is -1.21. The highest BCUT2D eigenvalue weighted by Crippen LogP contribution is 2.20. The Bertz CT molecular complexity index is 715. The minimum atomic E-state index is -3.27. The van der Waals surface area contributed by atoms with Crippen molar-refractivity contribution in [1.82, 2.24) is 9.62 Å². The number of hydrogen-bond acceptors (Lipinski definition) is 4. The average Bonchev–Trinajstić information content (AvgIpc) is 3.07. The molecule has 1 atom stereocenters. The molecule has 0 unspecified atom stereocenters. The summed E-state index contributed by atoms with van der Waals surface area (Å²) < 4.78 is 27.3. The monoisotopic (exact) mass is 364 g/mol. The molecule has 0 bridgehead atoms. The van der Waals surface area contributed by atoms with Gasteiger partial charge in [-0.3, -0.25) is 4.90 Å². The molecule has 24 heavy (non-hydrogen) atoms. The summed E-state index contributed by atoms with van der Waals surface area (Å²) in [6.07, 6.45) is 2.23. The Morgan fingerprint density at radius 2 is 2.00 bits per heavy atom. The second-order valence-corrected chi connectivity index (χ2v) is 9.25. The zero-order chi connectivity index (χ0) is 16.8. The number of benzene rings is 1.